The maximum absolute atomic E-state index is 11.7. The zero-order valence-corrected chi connectivity index (χ0v) is 14.7. The summed E-state index contributed by atoms with van der Waals surface area (Å²) in [6.07, 6.45) is 0. The van der Waals surface area contributed by atoms with Gasteiger partial charge < -0.3 is 9.84 Å². The molecule has 0 aliphatic rings. The molecule has 0 saturated heterocycles. The Labute approximate surface area is 146 Å². The van der Waals surface area contributed by atoms with Gasteiger partial charge in [0.25, 0.3) is 0 Å². The molecule has 0 amide bonds. The Bertz CT molecular complexity index is 698. The molecule has 0 radical (unpaired) electrons. The highest BCUT2D eigenvalue weighted by Gasteiger charge is 2.16. The topological polar surface area (TPSA) is 63.6 Å². The lowest BCUT2D eigenvalue weighted by Crippen LogP contribution is -2.07. The minimum absolute atomic E-state index is 0.0918. The maximum atomic E-state index is 11.7. The third-order valence-corrected chi connectivity index (χ3v) is 4.57. The Morgan fingerprint density at radius 1 is 1.18 bits per heavy atom. The monoisotopic (exact) mass is 428 g/mol. The van der Waals surface area contributed by atoms with Crippen LogP contribution < -0.4 is 0 Å². The van der Waals surface area contributed by atoms with E-state index in [0.29, 0.717) is 4.90 Å². The molecule has 0 spiro atoms. The van der Waals surface area contributed by atoms with E-state index < -0.39 is 11.9 Å². The van der Waals surface area contributed by atoms with Crippen LogP contribution in [0.4, 0.5) is 0 Å². The molecule has 0 aromatic heterocycles. The van der Waals surface area contributed by atoms with E-state index in [4.69, 9.17) is 4.74 Å². The molecule has 0 bridgehead atoms. The summed E-state index contributed by atoms with van der Waals surface area (Å²) in [6.45, 7) is 1.96. The summed E-state index contributed by atoms with van der Waals surface area (Å²) < 4.78 is 6.00. The minimum atomic E-state index is -1.07. The number of esters is 1. The number of carbonyl (C=O) groups excluding carboxylic acids is 1. The highest BCUT2D eigenvalue weighted by atomic mass is 127. The standard InChI is InChI=1S/C16H13IO4S/c1-2-21-16(20)10-3-8-14(13(9-10)15(18)19)22-12-6-4-11(17)5-7-12/h3-9H,2H2,1H3,(H,18,19). The van der Waals surface area contributed by atoms with Gasteiger partial charge in [-0.1, -0.05) is 11.8 Å². The van der Waals surface area contributed by atoms with Gasteiger partial charge in [-0.25, -0.2) is 9.59 Å². The molecule has 0 atom stereocenters. The minimum Gasteiger partial charge on any atom is -0.478 e. The SMILES string of the molecule is CCOC(=O)c1ccc(Sc2ccc(I)cc2)c(C(=O)O)c1. The molecule has 4 nitrogen and oxygen atoms in total. The lowest BCUT2D eigenvalue weighted by atomic mass is 10.1. The van der Waals surface area contributed by atoms with Crippen LogP contribution in [-0.2, 0) is 4.74 Å². The molecule has 2 aromatic carbocycles. The largest absolute Gasteiger partial charge is 0.478 e. The predicted molar refractivity (Wildman–Crippen MR) is 92.6 cm³/mol. The molecular weight excluding hydrogens is 415 g/mol. The third-order valence-electron chi connectivity index (χ3n) is 2.76. The van der Waals surface area contributed by atoms with Crippen LogP contribution in [-0.4, -0.2) is 23.7 Å². The number of carbonyl (C=O) groups is 2. The van der Waals surface area contributed by atoms with Gasteiger partial charge in [0.2, 0.25) is 0 Å². The molecular formula is C16H13IO4S. The number of aromatic carboxylic acids is 1. The highest BCUT2D eigenvalue weighted by Crippen LogP contribution is 2.31. The normalized spacial score (nSPS) is 10.3. The maximum Gasteiger partial charge on any atom is 0.338 e. The lowest BCUT2D eigenvalue weighted by molar-refractivity contribution is 0.0526. The van der Waals surface area contributed by atoms with Gasteiger partial charge in [-0.05, 0) is 72.0 Å². The number of carboxylic acid groups (broad SMARTS) is 1. The lowest BCUT2D eigenvalue weighted by Gasteiger charge is -2.08. The molecule has 2 aromatic rings. The van der Waals surface area contributed by atoms with Crippen LogP contribution in [0.15, 0.2) is 52.3 Å². The predicted octanol–water partition coefficient (Wildman–Crippen LogP) is 4.32. The molecule has 0 heterocycles. The number of hydrogen-bond donors (Lipinski definition) is 1. The van der Waals surface area contributed by atoms with Crippen LogP contribution in [0.25, 0.3) is 0 Å². The summed E-state index contributed by atoms with van der Waals surface area (Å²) in [7, 11) is 0. The molecule has 2 rings (SSSR count). The average molecular weight is 428 g/mol. The van der Waals surface area contributed by atoms with E-state index >= 15 is 0 Å². The Morgan fingerprint density at radius 2 is 1.86 bits per heavy atom. The molecule has 6 heteroatoms. The molecule has 1 N–H and O–H groups in total. The van der Waals surface area contributed by atoms with Gasteiger partial charge in [0.05, 0.1) is 17.7 Å². The van der Waals surface area contributed by atoms with Crippen molar-refractivity contribution in [3.05, 3.63) is 57.2 Å². The first-order valence-electron chi connectivity index (χ1n) is 6.49. The van der Waals surface area contributed by atoms with Gasteiger partial charge in [-0.3, -0.25) is 0 Å². The van der Waals surface area contributed by atoms with E-state index in [-0.39, 0.29) is 17.7 Å². The second kappa shape index (κ2) is 7.64. The zero-order valence-electron chi connectivity index (χ0n) is 11.7. The van der Waals surface area contributed by atoms with E-state index in [1.54, 1.807) is 19.1 Å². The summed E-state index contributed by atoms with van der Waals surface area (Å²) in [5.41, 5.74) is 0.334. The number of ether oxygens (including phenoxy) is 1. The molecule has 0 unspecified atom stereocenters. The fourth-order valence-corrected chi connectivity index (χ4v) is 3.04. The van der Waals surface area contributed by atoms with E-state index in [1.165, 1.54) is 17.8 Å². The van der Waals surface area contributed by atoms with Crippen molar-refractivity contribution in [2.24, 2.45) is 0 Å². The van der Waals surface area contributed by atoms with E-state index in [9.17, 15) is 14.7 Å². The fourth-order valence-electron chi connectivity index (χ4n) is 1.76. The first kappa shape index (κ1) is 16.8. The zero-order chi connectivity index (χ0) is 16.1. The molecule has 0 saturated carbocycles. The number of rotatable bonds is 5. The van der Waals surface area contributed by atoms with Gasteiger partial charge in [0, 0.05) is 13.4 Å². The van der Waals surface area contributed by atoms with Crippen LogP contribution in [0, 0.1) is 3.57 Å². The van der Waals surface area contributed by atoms with Crippen molar-refractivity contribution >= 4 is 46.3 Å². The van der Waals surface area contributed by atoms with E-state index in [1.807, 2.05) is 24.3 Å². The van der Waals surface area contributed by atoms with Crippen molar-refractivity contribution in [2.75, 3.05) is 6.61 Å². The fraction of sp³-hybridized carbons (Fsp3) is 0.125. The molecule has 0 aliphatic heterocycles. The van der Waals surface area contributed by atoms with Crippen molar-refractivity contribution in [3.8, 4) is 0 Å². The second-order valence-electron chi connectivity index (χ2n) is 4.29. The van der Waals surface area contributed by atoms with Crippen LogP contribution in [0.2, 0.25) is 0 Å². The molecule has 0 fully saturated rings. The molecule has 22 heavy (non-hydrogen) atoms. The van der Waals surface area contributed by atoms with E-state index in [0.717, 1.165) is 8.47 Å². The van der Waals surface area contributed by atoms with Gasteiger partial charge >= 0.3 is 11.9 Å². The Hall–Kier alpha value is -1.54. The van der Waals surface area contributed by atoms with E-state index in [2.05, 4.69) is 22.6 Å². The van der Waals surface area contributed by atoms with Gasteiger partial charge in [0.15, 0.2) is 0 Å². The van der Waals surface area contributed by atoms with Crippen LogP contribution in [0.5, 0.6) is 0 Å². The first-order chi connectivity index (χ1) is 10.5. The first-order valence-corrected chi connectivity index (χ1v) is 8.38. The summed E-state index contributed by atoms with van der Waals surface area (Å²) in [6, 6.07) is 12.3. The quantitative estimate of drug-likeness (QED) is 0.568. The second-order valence-corrected chi connectivity index (χ2v) is 6.65. The molecule has 0 aliphatic carbocycles. The van der Waals surface area contributed by atoms with Crippen LogP contribution in [0.1, 0.15) is 27.6 Å². The Kier molecular flexibility index (Phi) is 5.84. The smallest absolute Gasteiger partial charge is 0.338 e. The van der Waals surface area contributed by atoms with Gasteiger partial charge in [-0.2, -0.15) is 0 Å². The van der Waals surface area contributed by atoms with Crippen LogP contribution >= 0.6 is 34.4 Å². The van der Waals surface area contributed by atoms with Crippen molar-refractivity contribution in [3.63, 3.8) is 0 Å². The summed E-state index contributed by atoms with van der Waals surface area (Å²) in [4.78, 5) is 24.7. The van der Waals surface area contributed by atoms with Gasteiger partial charge in [-0.15, -0.1) is 0 Å². The van der Waals surface area contributed by atoms with Crippen LogP contribution in [0.3, 0.4) is 0 Å². The number of halogens is 1. The Morgan fingerprint density at radius 3 is 2.45 bits per heavy atom. The highest BCUT2D eigenvalue weighted by molar-refractivity contribution is 14.1. The molecule has 114 valence electrons. The summed E-state index contributed by atoms with van der Waals surface area (Å²) in [5.74, 6) is -1.59. The summed E-state index contributed by atoms with van der Waals surface area (Å²) in [5, 5.41) is 9.36. The van der Waals surface area contributed by atoms with Crippen molar-refractivity contribution in [2.45, 2.75) is 16.7 Å². The number of hydrogen-bond acceptors (Lipinski definition) is 4. The third kappa shape index (κ3) is 4.23. The Balaban J connectivity index is 2.33. The number of benzene rings is 2. The summed E-state index contributed by atoms with van der Waals surface area (Å²) >= 11 is 3.56. The van der Waals surface area contributed by atoms with Crippen molar-refractivity contribution in [1.82, 2.24) is 0 Å². The average Bonchev–Trinajstić information content (AvgIpc) is 2.50. The van der Waals surface area contributed by atoms with Gasteiger partial charge in [0.1, 0.15) is 0 Å². The number of carboxylic acids is 1. The van der Waals surface area contributed by atoms with Crippen molar-refractivity contribution in [1.29, 1.82) is 0 Å². The van der Waals surface area contributed by atoms with Crippen molar-refractivity contribution < 1.29 is 19.4 Å².